The van der Waals surface area contributed by atoms with Gasteiger partial charge < -0.3 is 10.8 Å². The first-order valence-electron chi connectivity index (χ1n) is 5.07. The van der Waals surface area contributed by atoms with Crippen molar-refractivity contribution in [3.8, 4) is 0 Å². The molecule has 16 heavy (non-hydrogen) atoms. The highest BCUT2D eigenvalue weighted by Crippen LogP contribution is 2.27. The molecule has 0 radical (unpaired) electrons. The zero-order valence-electron chi connectivity index (χ0n) is 9.46. The fraction of sp³-hybridized carbons (Fsp3) is 0.417. The predicted octanol–water partition coefficient (Wildman–Crippen LogP) is 1.83. The Morgan fingerprint density at radius 2 is 2.19 bits per heavy atom. The van der Waals surface area contributed by atoms with Gasteiger partial charge in [-0.05, 0) is 24.1 Å². The topological polar surface area (TPSA) is 63.3 Å². The average Bonchev–Trinajstić information content (AvgIpc) is 2.21. The molecular formula is C12H16FNO2. The predicted molar refractivity (Wildman–Crippen MR) is 59.8 cm³/mol. The standard InChI is InChI=1S/C12H16FNO2/c1-8-3-4-9(5-10(8)13)12(2,7-14)6-11(15)16/h3-5H,6-7,14H2,1-2H3,(H,15,16). The van der Waals surface area contributed by atoms with Gasteiger partial charge in [0.15, 0.2) is 0 Å². The second-order valence-corrected chi connectivity index (χ2v) is 4.30. The molecule has 1 aromatic rings. The van der Waals surface area contributed by atoms with Crippen LogP contribution in [0.15, 0.2) is 18.2 Å². The van der Waals surface area contributed by atoms with E-state index in [0.717, 1.165) is 0 Å². The van der Waals surface area contributed by atoms with Crippen molar-refractivity contribution in [3.63, 3.8) is 0 Å². The van der Waals surface area contributed by atoms with Crippen LogP contribution in [0.4, 0.5) is 4.39 Å². The molecule has 0 aromatic heterocycles. The summed E-state index contributed by atoms with van der Waals surface area (Å²) in [7, 11) is 0. The number of hydrogen-bond donors (Lipinski definition) is 2. The van der Waals surface area contributed by atoms with Crippen molar-refractivity contribution in [3.05, 3.63) is 35.1 Å². The van der Waals surface area contributed by atoms with Crippen LogP contribution in [0, 0.1) is 12.7 Å². The Morgan fingerprint density at radius 1 is 1.56 bits per heavy atom. The van der Waals surface area contributed by atoms with Crippen LogP contribution in [0.5, 0.6) is 0 Å². The minimum absolute atomic E-state index is 0.105. The molecule has 0 saturated heterocycles. The summed E-state index contributed by atoms with van der Waals surface area (Å²) in [6.07, 6.45) is -0.105. The normalized spacial score (nSPS) is 14.5. The lowest BCUT2D eigenvalue weighted by Crippen LogP contribution is -2.34. The second kappa shape index (κ2) is 4.61. The molecule has 0 aliphatic rings. The van der Waals surface area contributed by atoms with Crippen molar-refractivity contribution in [1.82, 2.24) is 0 Å². The zero-order valence-corrected chi connectivity index (χ0v) is 9.46. The highest BCUT2D eigenvalue weighted by Gasteiger charge is 2.28. The van der Waals surface area contributed by atoms with Gasteiger partial charge in [-0.2, -0.15) is 0 Å². The number of aryl methyl sites for hydroxylation is 1. The largest absolute Gasteiger partial charge is 0.481 e. The molecule has 0 bridgehead atoms. The van der Waals surface area contributed by atoms with Crippen LogP contribution >= 0.6 is 0 Å². The molecule has 1 rings (SSSR count). The van der Waals surface area contributed by atoms with E-state index in [1.165, 1.54) is 6.07 Å². The second-order valence-electron chi connectivity index (χ2n) is 4.30. The van der Waals surface area contributed by atoms with Gasteiger partial charge in [0.2, 0.25) is 0 Å². The van der Waals surface area contributed by atoms with Gasteiger partial charge in [0.05, 0.1) is 6.42 Å². The van der Waals surface area contributed by atoms with E-state index in [1.807, 2.05) is 0 Å². The third-order valence-corrected chi connectivity index (χ3v) is 2.86. The number of aliphatic carboxylic acids is 1. The number of carbonyl (C=O) groups is 1. The molecule has 3 nitrogen and oxygen atoms in total. The van der Waals surface area contributed by atoms with Crippen molar-refractivity contribution < 1.29 is 14.3 Å². The van der Waals surface area contributed by atoms with Crippen LogP contribution in [-0.2, 0) is 10.2 Å². The lowest BCUT2D eigenvalue weighted by Gasteiger charge is -2.26. The smallest absolute Gasteiger partial charge is 0.304 e. The lowest BCUT2D eigenvalue weighted by molar-refractivity contribution is -0.138. The molecule has 0 saturated carbocycles. The summed E-state index contributed by atoms with van der Waals surface area (Å²) in [4.78, 5) is 10.7. The summed E-state index contributed by atoms with van der Waals surface area (Å²) < 4.78 is 13.4. The number of halogens is 1. The number of nitrogens with two attached hydrogens (primary N) is 1. The van der Waals surface area contributed by atoms with E-state index in [9.17, 15) is 9.18 Å². The fourth-order valence-electron chi connectivity index (χ4n) is 1.59. The van der Waals surface area contributed by atoms with Crippen molar-refractivity contribution >= 4 is 5.97 Å². The van der Waals surface area contributed by atoms with Crippen LogP contribution in [0.25, 0.3) is 0 Å². The van der Waals surface area contributed by atoms with Gasteiger partial charge in [-0.3, -0.25) is 4.79 Å². The number of carboxylic acid groups (broad SMARTS) is 1. The highest BCUT2D eigenvalue weighted by atomic mass is 19.1. The van der Waals surface area contributed by atoms with Gasteiger partial charge in [-0.25, -0.2) is 4.39 Å². The van der Waals surface area contributed by atoms with E-state index in [0.29, 0.717) is 11.1 Å². The van der Waals surface area contributed by atoms with Crippen molar-refractivity contribution in [1.29, 1.82) is 0 Å². The van der Waals surface area contributed by atoms with Crippen LogP contribution in [0.3, 0.4) is 0 Å². The maximum Gasteiger partial charge on any atom is 0.304 e. The SMILES string of the molecule is Cc1ccc(C(C)(CN)CC(=O)O)cc1F. The van der Waals surface area contributed by atoms with Gasteiger partial charge in [-0.1, -0.05) is 19.1 Å². The monoisotopic (exact) mass is 225 g/mol. The summed E-state index contributed by atoms with van der Waals surface area (Å²) in [6, 6.07) is 4.74. The molecule has 0 aliphatic carbocycles. The van der Waals surface area contributed by atoms with Gasteiger partial charge in [0, 0.05) is 12.0 Å². The summed E-state index contributed by atoms with van der Waals surface area (Å²) in [5.74, 6) is -1.27. The van der Waals surface area contributed by atoms with Gasteiger partial charge >= 0.3 is 5.97 Å². The number of carboxylic acids is 1. The first kappa shape index (κ1) is 12.6. The Hall–Kier alpha value is -1.42. The summed E-state index contributed by atoms with van der Waals surface area (Å²) in [5.41, 5.74) is 6.03. The Kier molecular flexibility index (Phi) is 3.65. The molecule has 0 amide bonds. The van der Waals surface area contributed by atoms with Crippen LogP contribution in [-0.4, -0.2) is 17.6 Å². The molecule has 0 aliphatic heterocycles. The van der Waals surface area contributed by atoms with Crippen molar-refractivity contribution in [2.45, 2.75) is 25.7 Å². The average molecular weight is 225 g/mol. The molecule has 88 valence electrons. The third kappa shape index (κ3) is 2.58. The zero-order chi connectivity index (χ0) is 12.3. The maximum atomic E-state index is 13.4. The van der Waals surface area contributed by atoms with Crippen molar-refractivity contribution in [2.75, 3.05) is 6.54 Å². The third-order valence-electron chi connectivity index (χ3n) is 2.86. The van der Waals surface area contributed by atoms with E-state index >= 15 is 0 Å². The Balaban J connectivity index is 3.12. The first-order valence-corrected chi connectivity index (χ1v) is 5.07. The van der Waals surface area contributed by atoms with E-state index in [4.69, 9.17) is 10.8 Å². The van der Waals surface area contributed by atoms with E-state index in [1.54, 1.807) is 26.0 Å². The van der Waals surface area contributed by atoms with E-state index in [-0.39, 0.29) is 18.8 Å². The van der Waals surface area contributed by atoms with Crippen LogP contribution < -0.4 is 5.73 Å². The van der Waals surface area contributed by atoms with E-state index in [2.05, 4.69) is 0 Å². The molecule has 1 unspecified atom stereocenters. The van der Waals surface area contributed by atoms with Crippen LogP contribution in [0.2, 0.25) is 0 Å². The highest BCUT2D eigenvalue weighted by molar-refractivity contribution is 5.69. The molecule has 4 heteroatoms. The Bertz CT molecular complexity index is 406. The molecular weight excluding hydrogens is 209 g/mol. The number of rotatable bonds is 4. The number of benzene rings is 1. The molecule has 3 N–H and O–H groups in total. The maximum absolute atomic E-state index is 13.4. The molecule has 0 spiro atoms. The molecule has 1 aromatic carbocycles. The Morgan fingerprint density at radius 3 is 2.62 bits per heavy atom. The fourth-order valence-corrected chi connectivity index (χ4v) is 1.59. The van der Waals surface area contributed by atoms with Crippen molar-refractivity contribution in [2.24, 2.45) is 5.73 Å². The summed E-state index contributed by atoms with van der Waals surface area (Å²) in [6.45, 7) is 3.56. The van der Waals surface area contributed by atoms with Crippen LogP contribution in [0.1, 0.15) is 24.5 Å². The van der Waals surface area contributed by atoms with Gasteiger partial charge in [0.25, 0.3) is 0 Å². The minimum atomic E-state index is -0.936. The van der Waals surface area contributed by atoms with Gasteiger partial charge in [-0.15, -0.1) is 0 Å². The molecule has 0 fully saturated rings. The minimum Gasteiger partial charge on any atom is -0.481 e. The van der Waals surface area contributed by atoms with Gasteiger partial charge in [0.1, 0.15) is 5.82 Å². The Labute approximate surface area is 94.1 Å². The number of hydrogen-bond acceptors (Lipinski definition) is 2. The summed E-state index contributed by atoms with van der Waals surface area (Å²) >= 11 is 0. The quantitative estimate of drug-likeness (QED) is 0.821. The summed E-state index contributed by atoms with van der Waals surface area (Å²) in [5, 5.41) is 8.82. The molecule has 0 heterocycles. The first-order chi connectivity index (χ1) is 7.39. The van der Waals surface area contributed by atoms with E-state index < -0.39 is 11.4 Å². The molecule has 1 atom stereocenters. The lowest BCUT2D eigenvalue weighted by atomic mass is 9.79.